The van der Waals surface area contributed by atoms with Crippen LogP contribution >= 0.6 is 0 Å². The van der Waals surface area contributed by atoms with Gasteiger partial charge in [-0.1, -0.05) is 12.1 Å². The molecule has 0 saturated carbocycles. The summed E-state index contributed by atoms with van der Waals surface area (Å²) in [6.07, 6.45) is 7.03. The summed E-state index contributed by atoms with van der Waals surface area (Å²) in [6, 6.07) is 8.36. The minimum absolute atomic E-state index is 0.739. The van der Waals surface area contributed by atoms with Crippen LogP contribution in [0.2, 0.25) is 0 Å². The third-order valence-corrected chi connectivity index (χ3v) is 3.38. The van der Waals surface area contributed by atoms with E-state index in [1.54, 1.807) is 12.7 Å². The van der Waals surface area contributed by atoms with Crippen LogP contribution in [0.15, 0.2) is 49.4 Å². The Labute approximate surface area is 123 Å². The van der Waals surface area contributed by atoms with Crippen molar-refractivity contribution >= 4 is 5.69 Å². The van der Waals surface area contributed by atoms with Gasteiger partial charge in [-0.25, -0.2) is 14.6 Å². The first-order valence-electron chi connectivity index (χ1n) is 6.99. The molecule has 0 fully saturated rings. The monoisotopic (exact) mass is 282 g/mol. The zero-order valence-corrected chi connectivity index (χ0v) is 12.0. The molecule has 1 N–H and O–H groups in total. The lowest BCUT2D eigenvalue weighted by molar-refractivity contribution is 0.685. The predicted molar refractivity (Wildman–Crippen MR) is 80.8 cm³/mol. The van der Waals surface area contributed by atoms with Gasteiger partial charge in [0.25, 0.3) is 0 Å². The highest BCUT2D eigenvalue weighted by Gasteiger charge is 2.01. The molecule has 0 aliphatic heterocycles. The van der Waals surface area contributed by atoms with Crippen LogP contribution in [0, 0.1) is 0 Å². The van der Waals surface area contributed by atoms with Crippen LogP contribution in [0.5, 0.6) is 0 Å². The Morgan fingerprint density at radius 2 is 1.95 bits per heavy atom. The summed E-state index contributed by atoms with van der Waals surface area (Å²) in [7, 11) is 0. The summed E-state index contributed by atoms with van der Waals surface area (Å²) in [5.74, 6) is 0. The smallest absolute Gasteiger partial charge is 0.137 e. The average Bonchev–Trinajstić information content (AvgIpc) is 3.17. The van der Waals surface area contributed by atoms with E-state index in [9.17, 15) is 0 Å². The Bertz CT molecular complexity index is 669. The molecule has 108 valence electrons. The number of hydrogen-bond donors (Lipinski definition) is 1. The van der Waals surface area contributed by atoms with E-state index in [0.717, 1.165) is 25.3 Å². The van der Waals surface area contributed by atoms with E-state index in [-0.39, 0.29) is 0 Å². The normalized spacial score (nSPS) is 10.7. The molecule has 0 saturated heterocycles. The van der Waals surface area contributed by atoms with Gasteiger partial charge in [0.15, 0.2) is 0 Å². The number of aromatic nitrogens is 5. The van der Waals surface area contributed by atoms with Gasteiger partial charge in [-0.3, -0.25) is 0 Å². The summed E-state index contributed by atoms with van der Waals surface area (Å²) >= 11 is 0. The van der Waals surface area contributed by atoms with Crippen molar-refractivity contribution in [1.82, 2.24) is 24.3 Å². The van der Waals surface area contributed by atoms with Crippen LogP contribution in [0.3, 0.4) is 0 Å². The molecule has 0 spiro atoms. The molecule has 3 aromatic rings. The minimum atomic E-state index is 0.739. The molecule has 0 unspecified atom stereocenters. The van der Waals surface area contributed by atoms with Crippen LogP contribution in [-0.2, 0) is 19.6 Å². The maximum absolute atomic E-state index is 4.17. The Balaban J connectivity index is 1.59. The lowest BCUT2D eigenvalue weighted by atomic mass is 10.2. The Kier molecular flexibility index (Phi) is 3.95. The molecule has 6 nitrogen and oxygen atoms in total. The molecule has 2 aromatic heterocycles. The molecular formula is C15H18N6. The largest absolute Gasteiger partial charge is 0.379 e. The van der Waals surface area contributed by atoms with Gasteiger partial charge in [-0.15, -0.1) is 0 Å². The summed E-state index contributed by atoms with van der Waals surface area (Å²) in [5.41, 5.74) is 3.48. The van der Waals surface area contributed by atoms with E-state index >= 15 is 0 Å². The second-order valence-electron chi connectivity index (χ2n) is 4.81. The molecule has 3 rings (SSSR count). The van der Waals surface area contributed by atoms with E-state index in [0.29, 0.717) is 0 Å². The first-order valence-corrected chi connectivity index (χ1v) is 6.99. The lowest BCUT2D eigenvalue weighted by Gasteiger charge is -2.09. The molecule has 0 aliphatic carbocycles. The van der Waals surface area contributed by atoms with Crippen LogP contribution in [-0.4, -0.2) is 24.3 Å². The van der Waals surface area contributed by atoms with Gasteiger partial charge in [0, 0.05) is 18.4 Å². The molecule has 0 amide bonds. The van der Waals surface area contributed by atoms with E-state index in [4.69, 9.17) is 0 Å². The van der Waals surface area contributed by atoms with Gasteiger partial charge in [-0.05, 0) is 24.6 Å². The Morgan fingerprint density at radius 3 is 2.67 bits per heavy atom. The van der Waals surface area contributed by atoms with Gasteiger partial charge in [0.05, 0.1) is 25.1 Å². The summed E-state index contributed by atoms with van der Waals surface area (Å²) in [5, 5.41) is 7.52. The first kappa shape index (κ1) is 13.4. The maximum Gasteiger partial charge on any atom is 0.137 e. The standard InChI is InChI=1S/C15H18N6/c1-2-20-11-16-7-15(20)8-18-14-5-3-13(4-6-14)9-21-12-17-10-19-21/h3-7,10-12,18H,2,8-9H2,1H3. The van der Waals surface area contributed by atoms with E-state index in [1.165, 1.54) is 11.3 Å². The van der Waals surface area contributed by atoms with E-state index in [1.807, 2.05) is 17.2 Å². The zero-order chi connectivity index (χ0) is 14.5. The Morgan fingerprint density at radius 1 is 1.10 bits per heavy atom. The van der Waals surface area contributed by atoms with Crippen LogP contribution < -0.4 is 5.32 Å². The molecular weight excluding hydrogens is 264 g/mol. The van der Waals surface area contributed by atoms with Crippen molar-refractivity contribution in [1.29, 1.82) is 0 Å². The van der Waals surface area contributed by atoms with Gasteiger partial charge in [0.2, 0.25) is 0 Å². The average molecular weight is 282 g/mol. The number of anilines is 1. The third kappa shape index (κ3) is 3.28. The predicted octanol–water partition coefficient (Wildman–Crippen LogP) is 2.15. The summed E-state index contributed by atoms with van der Waals surface area (Å²) in [6.45, 7) is 4.57. The fourth-order valence-electron chi connectivity index (χ4n) is 2.20. The highest BCUT2D eigenvalue weighted by atomic mass is 15.3. The quantitative estimate of drug-likeness (QED) is 0.752. The van der Waals surface area contributed by atoms with E-state index < -0.39 is 0 Å². The molecule has 6 heteroatoms. The number of benzene rings is 1. The topological polar surface area (TPSA) is 60.6 Å². The summed E-state index contributed by atoms with van der Waals surface area (Å²) < 4.78 is 3.94. The van der Waals surface area contributed by atoms with E-state index in [2.05, 4.69) is 56.1 Å². The summed E-state index contributed by atoms with van der Waals surface area (Å²) in [4.78, 5) is 8.11. The fourth-order valence-corrected chi connectivity index (χ4v) is 2.20. The molecule has 2 heterocycles. The number of rotatable bonds is 6. The molecule has 0 bridgehead atoms. The van der Waals surface area contributed by atoms with Crippen molar-refractivity contribution in [3.8, 4) is 0 Å². The molecule has 0 aliphatic rings. The highest BCUT2D eigenvalue weighted by Crippen LogP contribution is 2.12. The van der Waals surface area contributed by atoms with Crippen molar-refractivity contribution in [2.24, 2.45) is 0 Å². The maximum atomic E-state index is 4.17. The number of nitrogens with one attached hydrogen (secondary N) is 1. The molecule has 21 heavy (non-hydrogen) atoms. The van der Waals surface area contributed by atoms with Gasteiger partial charge in [0.1, 0.15) is 12.7 Å². The number of hydrogen-bond acceptors (Lipinski definition) is 4. The van der Waals surface area contributed by atoms with Crippen molar-refractivity contribution < 1.29 is 0 Å². The van der Waals surface area contributed by atoms with Gasteiger partial charge < -0.3 is 9.88 Å². The van der Waals surface area contributed by atoms with Gasteiger partial charge in [-0.2, -0.15) is 5.10 Å². The molecule has 0 atom stereocenters. The highest BCUT2D eigenvalue weighted by molar-refractivity contribution is 5.44. The van der Waals surface area contributed by atoms with Crippen molar-refractivity contribution in [2.75, 3.05) is 5.32 Å². The van der Waals surface area contributed by atoms with Crippen molar-refractivity contribution in [2.45, 2.75) is 26.6 Å². The lowest BCUT2D eigenvalue weighted by Crippen LogP contribution is -2.06. The Hall–Kier alpha value is -2.63. The minimum Gasteiger partial charge on any atom is -0.379 e. The second-order valence-corrected chi connectivity index (χ2v) is 4.81. The van der Waals surface area contributed by atoms with Crippen LogP contribution in [0.1, 0.15) is 18.2 Å². The zero-order valence-electron chi connectivity index (χ0n) is 12.0. The number of imidazole rings is 1. The van der Waals surface area contributed by atoms with Crippen LogP contribution in [0.4, 0.5) is 5.69 Å². The van der Waals surface area contributed by atoms with Crippen molar-refractivity contribution in [3.05, 3.63) is 60.7 Å². The molecule has 1 aromatic carbocycles. The first-order chi connectivity index (χ1) is 10.3. The van der Waals surface area contributed by atoms with Crippen molar-refractivity contribution in [3.63, 3.8) is 0 Å². The van der Waals surface area contributed by atoms with Crippen LogP contribution in [0.25, 0.3) is 0 Å². The fraction of sp³-hybridized carbons (Fsp3) is 0.267. The number of aryl methyl sites for hydroxylation is 1. The van der Waals surface area contributed by atoms with Gasteiger partial charge >= 0.3 is 0 Å². The second kappa shape index (κ2) is 6.21. The third-order valence-electron chi connectivity index (χ3n) is 3.38. The molecule has 0 radical (unpaired) electrons. The SMILES string of the molecule is CCn1cncc1CNc1ccc(Cn2cncn2)cc1. The number of nitrogens with zero attached hydrogens (tertiary/aromatic N) is 5.